The Balaban J connectivity index is 1.99. The second kappa shape index (κ2) is 5.26. The predicted molar refractivity (Wildman–Crippen MR) is 72.3 cm³/mol. The fourth-order valence-electron chi connectivity index (χ4n) is 2.09. The van der Waals surface area contributed by atoms with Gasteiger partial charge in [-0.15, -0.1) is 5.10 Å². The second-order valence-electron chi connectivity index (χ2n) is 4.34. The molecule has 3 rings (SSSR count). The fourth-order valence-corrected chi connectivity index (χ4v) is 2.09. The molecule has 2 aromatic heterocycles. The number of hydrogen-bond donors (Lipinski definition) is 0. The highest BCUT2D eigenvalue weighted by molar-refractivity contribution is 5.81. The Bertz CT molecular complexity index is 786. The largest absolute Gasteiger partial charge is 0.437 e. The SMILES string of the molecule is COCc1nn(Cc2cccc3cccnc23)c(=O)o1. The van der Waals surface area contributed by atoms with E-state index in [9.17, 15) is 4.79 Å². The van der Waals surface area contributed by atoms with Crippen molar-refractivity contribution in [1.82, 2.24) is 14.8 Å². The van der Waals surface area contributed by atoms with E-state index in [-0.39, 0.29) is 12.5 Å². The first-order valence-corrected chi connectivity index (χ1v) is 6.16. The first-order valence-electron chi connectivity index (χ1n) is 6.16. The number of methoxy groups -OCH3 is 1. The normalized spacial score (nSPS) is 11.1. The molecule has 2 heterocycles. The Morgan fingerprint density at radius 2 is 2.15 bits per heavy atom. The monoisotopic (exact) mass is 271 g/mol. The van der Waals surface area contributed by atoms with E-state index in [2.05, 4.69) is 10.1 Å². The van der Waals surface area contributed by atoms with Gasteiger partial charge in [0.25, 0.3) is 0 Å². The Morgan fingerprint density at radius 3 is 3.00 bits per heavy atom. The number of nitrogens with zero attached hydrogens (tertiary/aromatic N) is 3. The van der Waals surface area contributed by atoms with Gasteiger partial charge in [0.1, 0.15) is 6.61 Å². The van der Waals surface area contributed by atoms with Gasteiger partial charge in [0, 0.05) is 24.3 Å². The zero-order chi connectivity index (χ0) is 13.9. The quantitative estimate of drug-likeness (QED) is 0.720. The summed E-state index contributed by atoms with van der Waals surface area (Å²) in [6.07, 6.45) is 1.73. The van der Waals surface area contributed by atoms with Gasteiger partial charge < -0.3 is 9.15 Å². The van der Waals surface area contributed by atoms with E-state index in [0.29, 0.717) is 6.54 Å². The molecule has 0 spiro atoms. The highest BCUT2D eigenvalue weighted by Crippen LogP contribution is 2.16. The van der Waals surface area contributed by atoms with Crippen molar-refractivity contribution in [1.29, 1.82) is 0 Å². The molecule has 6 nitrogen and oxygen atoms in total. The topological polar surface area (TPSA) is 70.2 Å². The predicted octanol–water partition coefficient (Wildman–Crippen LogP) is 1.58. The van der Waals surface area contributed by atoms with Gasteiger partial charge in [0.05, 0.1) is 12.1 Å². The molecule has 0 unspecified atom stereocenters. The molecule has 0 saturated heterocycles. The molecule has 0 aliphatic rings. The number of rotatable bonds is 4. The molecule has 0 aliphatic carbocycles. The van der Waals surface area contributed by atoms with Crippen molar-refractivity contribution in [3.05, 3.63) is 58.5 Å². The summed E-state index contributed by atoms with van der Waals surface area (Å²) in [4.78, 5) is 16.1. The van der Waals surface area contributed by atoms with Crippen LogP contribution in [-0.2, 0) is 17.9 Å². The van der Waals surface area contributed by atoms with E-state index in [4.69, 9.17) is 9.15 Å². The van der Waals surface area contributed by atoms with E-state index in [1.165, 1.54) is 11.8 Å². The number of aromatic nitrogens is 3. The van der Waals surface area contributed by atoms with Crippen LogP contribution in [0, 0.1) is 0 Å². The lowest BCUT2D eigenvalue weighted by atomic mass is 10.1. The Morgan fingerprint density at radius 1 is 1.30 bits per heavy atom. The average molecular weight is 271 g/mol. The van der Waals surface area contributed by atoms with Gasteiger partial charge in [0.15, 0.2) is 0 Å². The third-order valence-corrected chi connectivity index (χ3v) is 2.95. The summed E-state index contributed by atoms with van der Waals surface area (Å²) < 4.78 is 11.2. The summed E-state index contributed by atoms with van der Waals surface area (Å²) in [6.45, 7) is 0.496. The number of ether oxygens (including phenoxy) is 1. The van der Waals surface area contributed by atoms with E-state index in [0.717, 1.165) is 16.5 Å². The molecule has 0 atom stereocenters. The summed E-state index contributed by atoms with van der Waals surface area (Å²) in [5.41, 5.74) is 1.78. The van der Waals surface area contributed by atoms with E-state index in [1.54, 1.807) is 6.20 Å². The molecular formula is C14H13N3O3. The van der Waals surface area contributed by atoms with Gasteiger partial charge >= 0.3 is 5.76 Å². The van der Waals surface area contributed by atoms with Crippen LogP contribution in [0.4, 0.5) is 0 Å². The van der Waals surface area contributed by atoms with Crippen LogP contribution in [0.1, 0.15) is 11.5 Å². The number of benzene rings is 1. The standard InChI is InChI=1S/C14H13N3O3/c1-19-9-12-16-17(14(18)20-12)8-11-5-2-4-10-6-3-7-15-13(10)11/h2-7H,8-9H2,1H3. The van der Waals surface area contributed by atoms with Gasteiger partial charge in [-0.1, -0.05) is 24.3 Å². The van der Waals surface area contributed by atoms with Gasteiger partial charge in [-0.3, -0.25) is 4.98 Å². The summed E-state index contributed by atoms with van der Waals surface area (Å²) in [5, 5.41) is 5.11. The molecule has 0 bridgehead atoms. The van der Waals surface area contributed by atoms with Gasteiger partial charge in [-0.05, 0) is 6.07 Å². The molecule has 102 valence electrons. The van der Waals surface area contributed by atoms with Crippen molar-refractivity contribution in [3.8, 4) is 0 Å². The lowest BCUT2D eigenvalue weighted by molar-refractivity contribution is 0.158. The lowest BCUT2D eigenvalue weighted by Crippen LogP contribution is -2.16. The first-order chi connectivity index (χ1) is 9.78. The first kappa shape index (κ1) is 12.6. The van der Waals surface area contributed by atoms with Crippen molar-refractivity contribution >= 4 is 10.9 Å². The van der Waals surface area contributed by atoms with Gasteiger partial charge in [0.2, 0.25) is 5.89 Å². The minimum absolute atomic E-state index is 0.177. The van der Waals surface area contributed by atoms with E-state index < -0.39 is 5.76 Å². The highest BCUT2D eigenvalue weighted by Gasteiger charge is 2.10. The maximum absolute atomic E-state index is 11.7. The molecule has 3 aromatic rings. The number of pyridine rings is 1. The van der Waals surface area contributed by atoms with Crippen molar-refractivity contribution in [2.24, 2.45) is 0 Å². The van der Waals surface area contributed by atoms with Crippen LogP contribution in [0.5, 0.6) is 0 Å². The van der Waals surface area contributed by atoms with Crippen molar-refractivity contribution in [2.75, 3.05) is 7.11 Å². The third-order valence-electron chi connectivity index (χ3n) is 2.95. The smallest absolute Gasteiger partial charge is 0.390 e. The van der Waals surface area contributed by atoms with Crippen LogP contribution >= 0.6 is 0 Å². The minimum Gasteiger partial charge on any atom is -0.390 e. The lowest BCUT2D eigenvalue weighted by Gasteiger charge is -2.04. The molecule has 0 fully saturated rings. The maximum atomic E-state index is 11.7. The second-order valence-corrected chi connectivity index (χ2v) is 4.34. The average Bonchev–Trinajstić information content (AvgIpc) is 2.80. The van der Waals surface area contributed by atoms with E-state index in [1.807, 2.05) is 30.3 Å². The molecule has 0 saturated carbocycles. The Hall–Kier alpha value is -2.47. The molecule has 6 heteroatoms. The Kier molecular flexibility index (Phi) is 3.30. The van der Waals surface area contributed by atoms with Crippen LogP contribution < -0.4 is 5.76 Å². The summed E-state index contributed by atoms with van der Waals surface area (Å²) in [6, 6.07) is 9.69. The van der Waals surface area contributed by atoms with Crippen LogP contribution in [-0.4, -0.2) is 21.9 Å². The van der Waals surface area contributed by atoms with Gasteiger partial charge in [-0.2, -0.15) is 4.68 Å². The maximum Gasteiger partial charge on any atom is 0.437 e. The minimum atomic E-state index is -0.495. The molecule has 20 heavy (non-hydrogen) atoms. The van der Waals surface area contributed by atoms with Crippen LogP contribution in [0.15, 0.2) is 45.7 Å². The number of fused-ring (bicyclic) bond motifs is 1. The third kappa shape index (κ3) is 2.33. The molecule has 0 radical (unpaired) electrons. The molecule has 1 aromatic carbocycles. The number of hydrogen-bond acceptors (Lipinski definition) is 5. The summed E-state index contributed by atoms with van der Waals surface area (Å²) in [7, 11) is 1.52. The molecule has 0 aliphatic heterocycles. The number of para-hydroxylation sites is 1. The zero-order valence-corrected chi connectivity index (χ0v) is 10.9. The van der Waals surface area contributed by atoms with Gasteiger partial charge in [-0.25, -0.2) is 4.79 Å². The van der Waals surface area contributed by atoms with E-state index >= 15 is 0 Å². The highest BCUT2D eigenvalue weighted by atomic mass is 16.5. The molecular weight excluding hydrogens is 258 g/mol. The zero-order valence-electron chi connectivity index (χ0n) is 10.9. The molecule has 0 amide bonds. The summed E-state index contributed by atoms with van der Waals surface area (Å²) in [5.74, 6) is -0.226. The van der Waals surface area contributed by atoms with Crippen LogP contribution in [0.2, 0.25) is 0 Å². The molecule has 0 N–H and O–H groups in total. The summed E-state index contributed by atoms with van der Waals surface area (Å²) >= 11 is 0. The fraction of sp³-hybridized carbons (Fsp3) is 0.214. The van der Waals surface area contributed by atoms with Crippen molar-refractivity contribution in [3.63, 3.8) is 0 Å². The van der Waals surface area contributed by atoms with Crippen LogP contribution in [0.25, 0.3) is 10.9 Å². The Labute approximate surface area is 114 Å². The van der Waals surface area contributed by atoms with Crippen molar-refractivity contribution in [2.45, 2.75) is 13.2 Å². The van der Waals surface area contributed by atoms with Crippen LogP contribution in [0.3, 0.4) is 0 Å². The van der Waals surface area contributed by atoms with Crippen molar-refractivity contribution < 1.29 is 9.15 Å².